The van der Waals surface area contributed by atoms with Crippen molar-refractivity contribution in [3.63, 3.8) is 0 Å². The second kappa shape index (κ2) is 5.09. The number of anilines is 1. The molecule has 1 heterocycles. The van der Waals surface area contributed by atoms with Gasteiger partial charge in [-0.1, -0.05) is 35.6 Å². The molecule has 4 heteroatoms. The number of ether oxygens (including phenoxy) is 1. The van der Waals surface area contributed by atoms with E-state index in [0.29, 0.717) is 6.61 Å². The maximum absolute atomic E-state index is 5.08. The lowest BCUT2D eigenvalue weighted by Gasteiger charge is -2.00. The average molecular weight is 234 g/mol. The third kappa shape index (κ3) is 2.40. The summed E-state index contributed by atoms with van der Waals surface area (Å²) in [5, 5.41) is 3.98. The first-order valence-electron chi connectivity index (χ1n) is 5.05. The van der Waals surface area contributed by atoms with Gasteiger partial charge in [0.05, 0.1) is 11.5 Å². The SMILES string of the molecule is CNc1ncc(-c2ccc(COC)cc2)s1. The first kappa shape index (κ1) is 11.1. The Balaban J connectivity index is 2.20. The summed E-state index contributed by atoms with van der Waals surface area (Å²) in [7, 11) is 3.58. The lowest BCUT2D eigenvalue weighted by Crippen LogP contribution is -1.86. The zero-order valence-electron chi connectivity index (χ0n) is 9.36. The Hall–Kier alpha value is -1.39. The van der Waals surface area contributed by atoms with Gasteiger partial charge in [-0.05, 0) is 11.1 Å². The molecule has 1 aromatic heterocycles. The number of methoxy groups -OCH3 is 1. The van der Waals surface area contributed by atoms with E-state index in [2.05, 4.69) is 34.6 Å². The number of nitrogens with one attached hydrogen (secondary N) is 1. The summed E-state index contributed by atoms with van der Waals surface area (Å²) in [5.41, 5.74) is 2.38. The van der Waals surface area contributed by atoms with Crippen molar-refractivity contribution >= 4 is 16.5 Å². The molecule has 3 nitrogen and oxygen atoms in total. The third-order valence-electron chi connectivity index (χ3n) is 2.27. The van der Waals surface area contributed by atoms with E-state index in [0.717, 1.165) is 5.13 Å². The van der Waals surface area contributed by atoms with Crippen LogP contribution in [0, 0.1) is 0 Å². The van der Waals surface area contributed by atoms with Crippen molar-refractivity contribution in [1.82, 2.24) is 4.98 Å². The van der Waals surface area contributed by atoms with Crippen LogP contribution in [0.4, 0.5) is 5.13 Å². The number of benzene rings is 1. The maximum Gasteiger partial charge on any atom is 0.182 e. The van der Waals surface area contributed by atoms with Gasteiger partial charge in [0.15, 0.2) is 5.13 Å². The van der Waals surface area contributed by atoms with E-state index >= 15 is 0 Å². The van der Waals surface area contributed by atoms with Crippen LogP contribution in [0.3, 0.4) is 0 Å². The molecule has 16 heavy (non-hydrogen) atoms. The fraction of sp³-hybridized carbons (Fsp3) is 0.250. The van der Waals surface area contributed by atoms with E-state index in [1.807, 2.05) is 13.2 Å². The van der Waals surface area contributed by atoms with Gasteiger partial charge in [0.25, 0.3) is 0 Å². The van der Waals surface area contributed by atoms with Gasteiger partial charge in [0, 0.05) is 20.4 Å². The summed E-state index contributed by atoms with van der Waals surface area (Å²) < 4.78 is 5.08. The molecule has 84 valence electrons. The molecule has 0 unspecified atom stereocenters. The first-order chi connectivity index (χ1) is 7.83. The number of hydrogen-bond donors (Lipinski definition) is 1. The van der Waals surface area contributed by atoms with Crippen LogP contribution in [0.15, 0.2) is 30.5 Å². The van der Waals surface area contributed by atoms with Gasteiger partial charge in [0.1, 0.15) is 0 Å². The van der Waals surface area contributed by atoms with Crippen molar-refractivity contribution < 1.29 is 4.74 Å². The predicted octanol–water partition coefficient (Wildman–Crippen LogP) is 3.00. The smallest absolute Gasteiger partial charge is 0.182 e. The molecule has 0 aliphatic heterocycles. The molecule has 2 rings (SSSR count). The van der Waals surface area contributed by atoms with Crippen molar-refractivity contribution in [2.75, 3.05) is 19.5 Å². The fourth-order valence-electron chi connectivity index (χ4n) is 1.46. The zero-order valence-corrected chi connectivity index (χ0v) is 10.2. The number of thiazole rings is 1. The van der Waals surface area contributed by atoms with Crippen molar-refractivity contribution in [2.24, 2.45) is 0 Å². The van der Waals surface area contributed by atoms with E-state index < -0.39 is 0 Å². The molecule has 1 aromatic carbocycles. The molecular formula is C12H14N2OS. The van der Waals surface area contributed by atoms with Crippen molar-refractivity contribution in [3.8, 4) is 10.4 Å². The molecule has 0 aliphatic carbocycles. The molecule has 0 saturated heterocycles. The highest BCUT2D eigenvalue weighted by Crippen LogP contribution is 2.28. The predicted molar refractivity (Wildman–Crippen MR) is 67.8 cm³/mol. The Bertz CT molecular complexity index is 450. The van der Waals surface area contributed by atoms with Crippen molar-refractivity contribution in [1.29, 1.82) is 0 Å². The van der Waals surface area contributed by atoms with Gasteiger partial charge in [-0.3, -0.25) is 0 Å². The van der Waals surface area contributed by atoms with Gasteiger partial charge in [-0.15, -0.1) is 0 Å². The molecule has 1 N–H and O–H groups in total. The monoisotopic (exact) mass is 234 g/mol. The lowest BCUT2D eigenvalue weighted by molar-refractivity contribution is 0.185. The largest absolute Gasteiger partial charge is 0.380 e. The molecule has 2 aromatic rings. The number of hydrogen-bond acceptors (Lipinski definition) is 4. The van der Waals surface area contributed by atoms with Crippen LogP contribution >= 0.6 is 11.3 Å². The van der Waals surface area contributed by atoms with Crippen molar-refractivity contribution in [2.45, 2.75) is 6.61 Å². The highest BCUT2D eigenvalue weighted by molar-refractivity contribution is 7.18. The second-order valence-corrected chi connectivity index (χ2v) is 4.44. The summed E-state index contributed by atoms with van der Waals surface area (Å²) >= 11 is 1.65. The van der Waals surface area contributed by atoms with Crippen LogP contribution in [0.5, 0.6) is 0 Å². The van der Waals surface area contributed by atoms with Crippen LogP contribution in [0.2, 0.25) is 0 Å². The number of aromatic nitrogens is 1. The van der Waals surface area contributed by atoms with Gasteiger partial charge in [-0.25, -0.2) is 4.98 Å². The molecule has 0 radical (unpaired) electrons. The Morgan fingerprint density at radius 2 is 2.06 bits per heavy atom. The summed E-state index contributed by atoms with van der Waals surface area (Å²) in [5.74, 6) is 0. The molecule has 0 saturated carbocycles. The topological polar surface area (TPSA) is 34.2 Å². The van der Waals surface area contributed by atoms with E-state index in [-0.39, 0.29) is 0 Å². The molecule has 0 atom stereocenters. The Morgan fingerprint density at radius 3 is 2.62 bits per heavy atom. The normalized spacial score (nSPS) is 10.4. The van der Waals surface area contributed by atoms with Crippen LogP contribution in [0.1, 0.15) is 5.56 Å². The molecule has 0 fully saturated rings. The minimum absolute atomic E-state index is 0.657. The maximum atomic E-state index is 5.08. The Kier molecular flexibility index (Phi) is 3.54. The fourth-order valence-corrected chi connectivity index (χ4v) is 2.23. The van der Waals surface area contributed by atoms with E-state index in [9.17, 15) is 0 Å². The standard InChI is InChI=1S/C12H14N2OS/c1-13-12-14-7-11(16-12)10-5-3-9(4-6-10)8-15-2/h3-7H,8H2,1-2H3,(H,13,14). The Morgan fingerprint density at radius 1 is 1.31 bits per heavy atom. The summed E-state index contributed by atoms with van der Waals surface area (Å²) in [4.78, 5) is 5.43. The zero-order chi connectivity index (χ0) is 11.4. The molecule has 0 bridgehead atoms. The summed E-state index contributed by atoms with van der Waals surface area (Å²) in [6, 6.07) is 8.36. The van der Waals surface area contributed by atoms with E-state index in [1.54, 1.807) is 18.4 Å². The quantitative estimate of drug-likeness (QED) is 0.883. The summed E-state index contributed by atoms with van der Waals surface area (Å²) in [6.45, 7) is 0.657. The number of nitrogens with zero attached hydrogens (tertiary/aromatic N) is 1. The number of rotatable bonds is 4. The minimum atomic E-state index is 0.657. The van der Waals surface area contributed by atoms with Crippen molar-refractivity contribution in [3.05, 3.63) is 36.0 Å². The van der Waals surface area contributed by atoms with E-state index in [4.69, 9.17) is 4.74 Å². The van der Waals surface area contributed by atoms with Crippen LogP contribution < -0.4 is 5.32 Å². The highest BCUT2D eigenvalue weighted by atomic mass is 32.1. The van der Waals surface area contributed by atoms with E-state index in [1.165, 1.54) is 16.0 Å². The first-order valence-corrected chi connectivity index (χ1v) is 5.87. The molecule has 0 aliphatic rings. The molecular weight excluding hydrogens is 220 g/mol. The van der Waals surface area contributed by atoms with Gasteiger partial charge in [0.2, 0.25) is 0 Å². The third-order valence-corrected chi connectivity index (χ3v) is 3.33. The average Bonchev–Trinajstić information content (AvgIpc) is 2.79. The summed E-state index contributed by atoms with van der Waals surface area (Å²) in [6.07, 6.45) is 1.89. The highest BCUT2D eigenvalue weighted by Gasteiger charge is 2.02. The molecule has 0 spiro atoms. The Labute approximate surface area is 99.1 Å². The van der Waals surface area contributed by atoms with Gasteiger partial charge < -0.3 is 10.1 Å². The van der Waals surface area contributed by atoms with Crippen LogP contribution in [0.25, 0.3) is 10.4 Å². The van der Waals surface area contributed by atoms with Crippen LogP contribution in [-0.4, -0.2) is 19.1 Å². The van der Waals surface area contributed by atoms with Gasteiger partial charge in [-0.2, -0.15) is 0 Å². The van der Waals surface area contributed by atoms with Crippen LogP contribution in [-0.2, 0) is 11.3 Å². The lowest BCUT2D eigenvalue weighted by atomic mass is 10.1. The minimum Gasteiger partial charge on any atom is -0.380 e. The van der Waals surface area contributed by atoms with Gasteiger partial charge >= 0.3 is 0 Å². The second-order valence-electron chi connectivity index (χ2n) is 3.41. The molecule has 0 amide bonds.